The van der Waals surface area contributed by atoms with Crippen molar-refractivity contribution in [3.63, 3.8) is 0 Å². The molecule has 0 saturated heterocycles. The Kier molecular flexibility index (Phi) is 3.74. The lowest BCUT2D eigenvalue weighted by Crippen LogP contribution is -2.18. The molecule has 0 radical (unpaired) electrons. The Bertz CT molecular complexity index is 441. The van der Waals surface area contributed by atoms with Crippen LogP contribution in [0, 0.1) is 0 Å². The van der Waals surface area contributed by atoms with Crippen molar-refractivity contribution in [2.45, 2.75) is 19.5 Å². The molecule has 1 N–H and O–H groups in total. The van der Waals surface area contributed by atoms with Gasteiger partial charge in [0.15, 0.2) is 0 Å². The van der Waals surface area contributed by atoms with E-state index in [0.717, 1.165) is 15.9 Å². The molecule has 3 nitrogen and oxygen atoms in total. The van der Waals surface area contributed by atoms with E-state index in [1.165, 1.54) is 0 Å². The summed E-state index contributed by atoms with van der Waals surface area (Å²) in [6.45, 7) is 2.77. The van der Waals surface area contributed by atoms with Gasteiger partial charge in [-0.1, -0.05) is 6.07 Å². The van der Waals surface area contributed by atoms with E-state index in [-0.39, 0.29) is 6.04 Å². The standard InChI is InChI=1S/C12H13BrN2O/c1-9(11-4-2-3-6-14-11)15-8-12-10(13)5-7-16-12/h2-7,9,15H,8H2,1H3/t9-/m1/s1. The average molecular weight is 281 g/mol. The van der Waals surface area contributed by atoms with Gasteiger partial charge in [-0.05, 0) is 41.1 Å². The number of furan rings is 1. The van der Waals surface area contributed by atoms with Crippen molar-refractivity contribution in [2.75, 3.05) is 0 Å². The minimum atomic E-state index is 0.207. The number of aromatic nitrogens is 1. The molecule has 0 aliphatic heterocycles. The topological polar surface area (TPSA) is 38.1 Å². The van der Waals surface area contributed by atoms with Crippen LogP contribution in [0.2, 0.25) is 0 Å². The highest BCUT2D eigenvalue weighted by Crippen LogP contribution is 2.18. The molecule has 0 aromatic carbocycles. The van der Waals surface area contributed by atoms with Gasteiger partial charge >= 0.3 is 0 Å². The molecule has 2 rings (SSSR count). The number of nitrogens with zero attached hydrogens (tertiary/aromatic N) is 1. The molecule has 1 atom stereocenters. The van der Waals surface area contributed by atoms with Gasteiger partial charge in [0.1, 0.15) is 5.76 Å². The Morgan fingerprint density at radius 3 is 2.94 bits per heavy atom. The smallest absolute Gasteiger partial charge is 0.131 e. The second kappa shape index (κ2) is 5.27. The molecule has 16 heavy (non-hydrogen) atoms. The molecule has 0 aliphatic rings. The molecule has 0 aliphatic carbocycles. The van der Waals surface area contributed by atoms with Crippen LogP contribution in [-0.4, -0.2) is 4.98 Å². The van der Waals surface area contributed by atoms with Crippen molar-refractivity contribution in [1.29, 1.82) is 0 Å². The normalized spacial score (nSPS) is 12.6. The zero-order valence-corrected chi connectivity index (χ0v) is 10.6. The molecular weight excluding hydrogens is 268 g/mol. The fraction of sp³-hybridized carbons (Fsp3) is 0.250. The Hall–Kier alpha value is -1.13. The van der Waals surface area contributed by atoms with Crippen molar-refractivity contribution in [3.8, 4) is 0 Å². The Morgan fingerprint density at radius 2 is 2.31 bits per heavy atom. The maximum absolute atomic E-state index is 5.32. The molecule has 0 amide bonds. The molecule has 0 fully saturated rings. The predicted molar refractivity (Wildman–Crippen MR) is 65.9 cm³/mol. The lowest BCUT2D eigenvalue weighted by Gasteiger charge is -2.11. The van der Waals surface area contributed by atoms with Gasteiger partial charge in [-0.3, -0.25) is 4.98 Å². The third-order valence-corrected chi connectivity index (χ3v) is 3.10. The average Bonchev–Trinajstić information content (AvgIpc) is 2.73. The number of hydrogen-bond acceptors (Lipinski definition) is 3. The number of halogens is 1. The zero-order chi connectivity index (χ0) is 11.4. The summed E-state index contributed by atoms with van der Waals surface area (Å²) in [6.07, 6.45) is 3.48. The fourth-order valence-electron chi connectivity index (χ4n) is 1.43. The summed E-state index contributed by atoms with van der Waals surface area (Å²) in [4.78, 5) is 4.30. The van der Waals surface area contributed by atoms with E-state index >= 15 is 0 Å². The molecule has 2 heterocycles. The Morgan fingerprint density at radius 1 is 1.44 bits per heavy atom. The molecule has 0 unspecified atom stereocenters. The number of rotatable bonds is 4. The third-order valence-electron chi connectivity index (χ3n) is 2.39. The van der Waals surface area contributed by atoms with Crippen molar-refractivity contribution in [2.24, 2.45) is 0 Å². The summed E-state index contributed by atoms with van der Waals surface area (Å²) in [7, 11) is 0. The second-order valence-electron chi connectivity index (χ2n) is 3.55. The minimum Gasteiger partial charge on any atom is -0.467 e. The van der Waals surface area contributed by atoms with Crippen molar-refractivity contribution >= 4 is 15.9 Å². The van der Waals surface area contributed by atoms with Gasteiger partial charge in [0.25, 0.3) is 0 Å². The minimum absolute atomic E-state index is 0.207. The van der Waals surface area contributed by atoms with E-state index in [2.05, 4.69) is 33.2 Å². The van der Waals surface area contributed by atoms with Crippen LogP contribution in [-0.2, 0) is 6.54 Å². The van der Waals surface area contributed by atoms with Crippen LogP contribution in [0.1, 0.15) is 24.4 Å². The highest BCUT2D eigenvalue weighted by molar-refractivity contribution is 9.10. The third kappa shape index (κ3) is 2.71. The molecule has 2 aromatic rings. The van der Waals surface area contributed by atoms with Crippen molar-refractivity contribution in [3.05, 3.63) is 52.7 Å². The first-order valence-corrected chi connectivity index (χ1v) is 5.93. The maximum Gasteiger partial charge on any atom is 0.131 e. The van der Waals surface area contributed by atoms with Crippen LogP contribution in [0.15, 0.2) is 45.6 Å². The van der Waals surface area contributed by atoms with E-state index < -0.39 is 0 Å². The summed E-state index contributed by atoms with van der Waals surface area (Å²) in [5.41, 5.74) is 1.03. The Balaban J connectivity index is 1.94. The lowest BCUT2D eigenvalue weighted by atomic mass is 10.2. The van der Waals surface area contributed by atoms with Gasteiger partial charge in [-0.15, -0.1) is 0 Å². The first-order valence-electron chi connectivity index (χ1n) is 5.13. The highest BCUT2D eigenvalue weighted by Gasteiger charge is 2.08. The molecule has 4 heteroatoms. The fourth-order valence-corrected chi connectivity index (χ4v) is 1.78. The van der Waals surface area contributed by atoms with E-state index in [9.17, 15) is 0 Å². The zero-order valence-electron chi connectivity index (χ0n) is 8.98. The van der Waals surface area contributed by atoms with Gasteiger partial charge in [0.2, 0.25) is 0 Å². The molecule has 0 saturated carbocycles. The van der Waals surface area contributed by atoms with Gasteiger partial charge < -0.3 is 9.73 Å². The van der Waals surface area contributed by atoms with E-state index in [1.54, 1.807) is 12.5 Å². The molecule has 0 spiro atoms. The van der Waals surface area contributed by atoms with Crippen LogP contribution >= 0.6 is 15.9 Å². The van der Waals surface area contributed by atoms with Crippen LogP contribution in [0.3, 0.4) is 0 Å². The quantitative estimate of drug-likeness (QED) is 0.934. The molecule has 0 bridgehead atoms. The van der Waals surface area contributed by atoms with Gasteiger partial charge in [0, 0.05) is 12.2 Å². The first-order chi connectivity index (χ1) is 7.77. The van der Waals surface area contributed by atoms with E-state index in [1.807, 2.05) is 24.3 Å². The molecule has 84 valence electrons. The van der Waals surface area contributed by atoms with E-state index in [0.29, 0.717) is 6.54 Å². The summed E-state index contributed by atoms with van der Waals surface area (Å²) in [5.74, 6) is 0.905. The molecular formula is C12H13BrN2O. The van der Waals surface area contributed by atoms with Crippen molar-refractivity contribution < 1.29 is 4.42 Å². The van der Waals surface area contributed by atoms with Gasteiger partial charge in [0.05, 0.1) is 23.0 Å². The monoisotopic (exact) mass is 280 g/mol. The largest absolute Gasteiger partial charge is 0.467 e. The first kappa shape index (κ1) is 11.4. The van der Waals surface area contributed by atoms with Crippen LogP contribution < -0.4 is 5.32 Å². The van der Waals surface area contributed by atoms with Crippen molar-refractivity contribution in [1.82, 2.24) is 10.3 Å². The SMILES string of the molecule is C[C@@H](NCc1occc1Br)c1ccccn1. The van der Waals surface area contributed by atoms with E-state index in [4.69, 9.17) is 4.42 Å². The summed E-state index contributed by atoms with van der Waals surface area (Å²) in [6, 6.07) is 8.01. The highest BCUT2D eigenvalue weighted by atomic mass is 79.9. The maximum atomic E-state index is 5.32. The second-order valence-corrected chi connectivity index (χ2v) is 4.40. The molecule has 2 aromatic heterocycles. The van der Waals surface area contributed by atoms with Gasteiger partial charge in [-0.2, -0.15) is 0 Å². The number of hydrogen-bond donors (Lipinski definition) is 1. The van der Waals surface area contributed by atoms with Crippen LogP contribution in [0.25, 0.3) is 0 Å². The summed E-state index contributed by atoms with van der Waals surface area (Å²) in [5, 5.41) is 3.36. The predicted octanol–water partition coefficient (Wildman–Crippen LogP) is 3.29. The summed E-state index contributed by atoms with van der Waals surface area (Å²) < 4.78 is 6.31. The number of pyridine rings is 1. The van der Waals surface area contributed by atoms with Crippen LogP contribution in [0.4, 0.5) is 0 Å². The Labute approximate surface area is 103 Å². The number of nitrogens with one attached hydrogen (secondary N) is 1. The van der Waals surface area contributed by atoms with Crippen LogP contribution in [0.5, 0.6) is 0 Å². The summed E-state index contributed by atoms with van der Waals surface area (Å²) >= 11 is 3.42. The lowest BCUT2D eigenvalue weighted by molar-refractivity contribution is 0.455. The van der Waals surface area contributed by atoms with Gasteiger partial charge in [-0.25, -0.2) is 0 Å².